The molecule has 0 spiro atoms. The Morgan fingerprint density at radius 1 is 0.276 bits per heavy atom. The third-order valence-electron chi connectivity index (χ3n) is 16.7. The van der Waals surface area contributed by atoms with Crippen LogP contribution in [-0.4, -0.2) is 95.9 Å². The van der Waals surface area contributed by atoms with Crippen LogP contribution in [0.4, 0.5) is 0 Å². The highest BCUT2D eigenvalue weighted by molar-refractivity contribution is 7.47. The predicted molar refractivity (Wildman–Crippen MR) is 435 cm³/mol. The Labute approximate surface area is 638 Å². The average molecular weight is 1510 g/mol. The number of phosphoric acid groups is 2. The molecule has 0 aliphatic carbocycles. The monoisotopic (exact) mass is 1510 g/mol. The summed E-state index contributed by atoms with van der Waals surface area (Å²) < 4.78 is 61.1. The van der Waals surface area contributed by atoms with Crippen LogP contribution in [0.15, 0.2) is 158 Å². The van der Waals surface area contributed by atoms with Crippen LogP contribution >= 0.6 is 15.6 Å². The maximum absolute atomic E-state index is 13.0. The lowest BCUT2D eigenvalue weighted by atomic mass is 10.0. The molecule has 0 bridgehead atoms. The fourth-order valence-corrected chi connectivity index (χ4v) is 12.1. The maximum Gasteiger partial charge on any atom is 0.472 e. The first-order chi connectivity index (χ1) is 51.2. The van der Waals surface area contributed by atoms with E-state index in [9.17, 15) is 43.5 Å². The van der Waals surface area contributed by atoms with E-state index in [4.69, 9.17) is 32.3 Å². The second-order valence-corrected chi connectivity index (χ2v) is 29.7. The van der Waals surface area contributed by atoms with Gasteiger partial charge in [0.1, 0.15) is 25.4 Å². The molecule has 0 radical (unpaired) electrons. The van der Waals surface area contributed by atoms with E-state index in [0.717, 1.165) is 141 Å². The summed E-state index contributed by atoms with van der Waals surface area (Å²) >= 11 is 0. The zero-order valence-corrected chi connectivity index (χ0v) is 67.4. The molecule has 4 N–H and O–H groups in total. The quantitative estimate of drug-likeness (QED) is 0.0146. The lowest BCUT2D eigenvalue weighted by molar-refractivity contribution is -0.161. The Bertz CT molecular complexity index is 2540. The van der Waals surface area contributed by atoms with Crippen molar-refractivity contribution < 1.29 is 75.8 Å². The molecule has 0 aromatic heterocycles. The van der Waals surface area contributed by atoms with Crippen LogP contribution < -0.4 is 0 Å². The third-order valence-corrected chi connectivity index (χ3v) is 18.6. The van der Waals surface area contributed by atoms with Gasteiger partial charge < -0.3 is 34.2 Å². The molecule has 0 amide bonds. The lowest BCUT2D eigenvalue weighted by Gasteiger charge is -2.21. The van der Waals surface area contributed by atoms with Crippen LogP contribution in [0.5, 0.6) is 0 Å². The van der Waals surface area contributed by atoms with E-state index in [0.29, 0.717) is 25.7 Å². The summed E-state index contributed by atoms with van der Waals surface area (Å²) in [5, 5.41) is 20.7. The summed E-state index contributed by atoms with van der Waals surface area (Å²) in [5.41, 5.74) is 0. The second-order valence-electron chi connectivity index (χ2n) is 26.8. The summed E-state index contributed by atoms with van der Waals surface area (Å²) in [5.74, 6) is -1.66. The van der Waals surface area contributed by atoms with E-state index in [1.54, 1.807) is 0 Å². The molecule has 0 fully saturated rings. The standard InChI is InChI=1S/C87H146O16P2/c1-4-7-10-13-16-19-22-25-28-31-33-35-37-38-39-40-41-42-44-46-47-50-52-55-58-61-64-67-70-73-85(90)97-76-82(88)77-99-104(93,94)100-78-83(89)79-101-105(95,96)102-81-84(103-87(92)75-72-69-66-63-60-57-54-49-30-27-24-21-18-15-12-9-6-3)80-98-86(91)74-71-68-65-62-59-56-53-51-48-45-43-36-34-32-29-26-23-20-17-14-11-8-5-2/h9,12,16-21,25-30,33-36,38-39,45,48,54,57,63,66,82-84,88-89H,4-8,10-11,13-15,22-24,31-32,37,40-44,46-47,49-53,55-56,58-62,64-65,67-81H2,1-3H3,(H,93,94)(H,95,96)/b12-9-,19-16-,20-17-,21-18-,28-25-,29-26-,30-27-,35-33-,36-34-,39-38-,48-45-,57-54-,66-63-. The van der Waals surface area contributed by atoms with Crippen molar-refractivity contribution in [2.24, 2.45) is 0 Å². The number of carbonyl (C=O) groups excluding carboxylic acids is 3. The number of unbranched alkanes of at least 4 members (excludes halogenated alkanes) is 27. The maximum atomic E-state index is 13.0. The number of carbonyl (C=O) groups is 3. The first-order valence-electron chi connectivity index (χ1n) is 40.8. The Morgan fingerprint density at radius 3 is 0.829 bits per heavy atom. The summed E-state index contributed by atoms with van der Waals surface area (Å²) in [4.78, 5) is 58.7. The van der Waals surface area contributed by atoms with Gasteiger partial charge in [-0.05, 0) is 148 Å². The molecule has 0 aliphatic heterocycles. The van der Waals surface area contributed by atoms with Crippen LogP contribution in [0.1, 0.15) is 316 Å². The summed E-state index contributed by atoms with van der Waals surface area (Å²) in [6.45, 7) is 2.43. The number of allylic oxidation sites excluding steroid dienone is 26. The minimum absolute atomic E-state index is 0.0187. The van der Waals surface area contributed by atoms with E-state index in [2.05, 4.69) is 167 Å². The van der Waals surface area contributed by atoms with Gasteiger partial charge in [0.25, 0.3) is 0 Å². The molecule has 600 valence electrons. The number of esters is 3. The van der Waals surface area contributed by atoms with Gasteiger partial charge in [0.15, 0.2) is 6.10 Å². The topological polar surface area (TPSA) is 231 Å². The first-order valence-corrected chi connectivity index (χ1v) is 43.8. The highest BCUT2D eigenvalue weighted by Gasteiger charge is 2.29. The van der Waals surface area contributed by atoms with E-state index in [-0.39, 0.29) is 19.3 Å². The molecule has 0 saturated carbocycles. The molecule has 5 atom stereocenters. The summed E-state index contributed by atoms with van der Waals surface area (Å²) in [6, 6.07) is 0. The number of hydrogen-bond donors (Lipinski definition) is 4. The van der Waals surface area contributed by atoms with Gasteiger partial charge in [0.05, 0.1) is 26.4 Å². The van der Waals surface area contributed by atoms with Crippen molar-refractivity contribution in [2.45, 2.75) is 334 Å². The molecule has 5 unspecified atom stereocenters. The Kier molecular flexibility index (Phi) is 75.1. The summed E-state index contributed by atoms with van der Waals surface area (Å²) in [6.07, 6.45) is 98.7. The molecule has 0 saturated heterocycles. The van der Waals surface area contributed by atoms with E-state index >= 15 is 0 Å². The van der Waals surface area contributed by atoms with Crippen molar-refractivity contribution in [1.29, 1.82) is 0 Å². The number of aliphatic hydroxyl groups is 2. The second kappa shape index (κ2) is 78.7. The van der Waals surface area contributed by atoms with E-state index in [1.165, 1.54) is 109 Å². The van der Waals surface area contributed by atoms with Gasteiger partial charge in [-0.2, -0.15) is 0 Å². The van der Waals surface area contributed by atoms with Crippen LogP contribution in [0.2, 0.25) is 0 Å². The molecule has 18 heteroatoms. The SMILES string of the molecule is CC/C=C\C/C=C\C/C=C\C/C=C\C/C=C\CCCC(=O)OC(COC(=O)CCCCCCCCC/C=C\C/C=C\C/C=C\C/C=C\CCCCC)COP(=O)(O)OCC(O)COP(=O)(O)OCC(O)COC(=O)CCCCCCCCCCCCCCC/C=C\C/C=C\C/C=C\C/C=C\CCCCC. The van der Waals surface area contributed by atoms with Gasteiger partial charge in [0.2, 0.25) is 0 Å². The third kappa shape index (κ3) is 80.0. The van der Waals surface area contributed by atoms with Crippen molar-refractivity contribution in [2.75, 3.05) is 39.6 Å². The summed E-state index contributed by atoms with van der Waals surface area (Å²) in [7, 11) is -9.82. The van der Waals surface area contributed by atoms with Gasteiger partial charge in [-0.1, -0.05) is 307 Å². The Balaban J connectivity index is 4.62. The highest BCUT2D eigenvalue weighted by atomic mass is 31.2. The van der Waals surface area contributed by atoms with Gasteiger partial charge in [-0.25, -0.2) is 9.13 Å². The molecule has 16 nitrogen and oxygen atoms in total. The first kappa shape index (κ1) is 100. The fourth-order valence-electron chi connectivity index (χ4n) is 10.5. The van der Waals surface area contributed by atoms with Crippen molar-refractivity contribution in [1.82, 2.24) is 0 Å². The van der Waals surface area contributed by atoms with Crippen LogP contribution in [0.3, 0.4) is 0 Å². The van der Waals surface area contributed by atoms with Crippen LogP contribution in [-0.2, 0) is 55.8 Å². The largest absolute Gasteiger partial charge is 0.472 e. The van der Waals surface area contributed by atoms with Gasteiger partial charge >= 0.3 is 33.6 Å². The number of phosphoric ester groups is 2. The van der Waals surface area contributed by atoms with Crippen molar-refractivity contribution in [3.05, 3.63) is 158 Å². The molecule has 0 heterocycles. The molecule has 0 aliphatic rings. The average Bonchev–Trinajstić information content (AvgIpc) is 0.917. The smallest absolute Gasteiger partial charge is 0.463 e. The number of hydrogen-bond acceptors (Lipinski definition) is 14. The molecule has 0 rings (SSSR count). The highest BCUT2D eigenvalue weighted by Crippen LogP contribution is 2.45. The number of rotatable bonds is 76. The molecular weight excluding hydrogens is 1360 g/mol. The number of aliphatic hydroxyl groups excluding tert-OH is 2. The minimum Gasteiger partial charge on any atom is -0.463 e. The Morgan fingerprint density at radius 2 is 0.514 bits per heavy atom. The van der Waals surface area contributed by atoms with Crippen LogP contribution in [0, 0.1) is 0 Å². The fraction of sp³-hybridized carbons (Fsp3) is 0.667. The van der Waals surface area contributed by atoms with Gasteiger partial charge in [0, 0.05) is 19.3 Å². The van der Waals surface area contributed by atoms with Gasteiger partial charge in [-0.3, -0.25) is 32.5 Å². The van der Waals surface area contributed by atoms with Gasteiger partial charge in [-0.15, -0.1) is 0 Å². The normalized spacial score (nSPS) is 14.8. The molecule has 105 heavy (non-hydrogen) atoms. The zero-order valence-electron chi connectivity index (χ0n) is 65.6. The van der Waals surface area contributed by atoms with Crippen molar-refractivity contribution >= 4 is 33.6 Å². The minimum atomic E-state index is -4.96. The van der Waals surface area contributed by atoms with E-state index in [1.807, 2.05) is 12.2 Å². The lowest BCUT2D eigenvalue weighted by Crippen LogP contribution is -2.30. The zero-order chi connectivity index (χ0) is 76.6. The molecular formula is C87H146O16P2. The van der Waals surface area contributed by atoms with Crippen molar-refractivity contribution in [3.8, 4) is 0 Å². The van der Waals surface area contributed by atoms with Crippen LogP contribution in [0.25, 0.3) is 0 Å². The molecule has 0 aromatic carbocycles. The Hall–Kier alpha value is -4.83. The predicted octanol–water partition coefficient (Wildman–Crippen LogP) is 24.2. The van der Waals surface area contributed by atoms with Crippen molar-refractivity contribution in [3.63, 3.8) is 0 Å². The molecule has 0 aromatic rings. The van der Waals surface area contributed by atoms with E-state index < -0.39 is 91.5 Å². The number of ether oxygens (including phenoxy) is 3.